The lowest BCUT2D eigenvalue weighted by Gasteiger charge is -2.24. The Balaban J connectivity index is 0.00000289. The van der Waals surface area contributed by atoms with Crippen molar-refractivity contribution < 1.29 is 4.79 Å². The first-order valence-corrected chi connectivity index (χ1v) is 7.08. The zero-order valence-corrected chi connectivity index (χ0v) is 12.8. The molecule has 2 N–H and O–H groups in total. The Bertz CT molecular complexity index is 230. The second-order valence-corrected chi connectivity index (χ2v) is 5.58. The van der Waals surface area contributed by atoms with Gasteiger partial charge < -0.3 is 10.6 Å². The van der Waals surface area contributed by atoms with Gasteiger partial charge in [0.1, 0.15) is 0 Å². The lowest BCUT2D eigenvalue weighted by atomic mass is 9.83. The van der Waals surface area contributed by atoms with E-state index in [4.69, 9.17) is 0 Å². The summed E-state index contributed by atoms with van der Waals surface area (Å²) in [5.41, 5.74) is 0. The van der Waals surface area contributed by atoms with Gasteiger partial charge in [-0.1, -0.05) is 39.0 Å². The summed E-state index contributed by atoms with van der Waals surface area (Å²) in [4.78, 5) is 11.9. The van der Waals surface area contributed by atoms with E-state index in [1.54, 1.807) is 0 Å². The molecule has 1 aliphatic carbocycles. The van der Waals surface area contributed by atoms with Crippen LogP contribution in [0.4, 0.5) is 0 Å². The highest BCUT2D eigenvalue weighted by atomic mass is 35.5. The molecule has 0 aromatic carbocycles. The monoisotopic (exact) mass is 276 g/mol. The van der Waals surface area contributed by atoms with Gasteiger partial charge in [-0.2, -0.15) is 0 Å². The number of rotatable bonds is 6. The van der Waals surface area contributed by atoms with Crippen molar-refractivity contribution in [2.45, 2.75) is 58.4 Å². The maximum Gasteiger partial charge on any atom is 0.222 e. The molecular weight excluding hydrogens is 248 g/mol. The second kappa shape index (κ2) is 9.62. The summed E-state index contributed by atoms with van der Waals surface area (Å²) in [6.07, 6.45) is 7.82. The van der Waals surface area contributed by atoms with E-state index in [1.165, 1.54) is 32.1 Å². The Kier molecular flexibility index (Phi) is 9.47. The maximum absolute atomic E-state index is 11.9. The molecule has 1 amide bonds. The third-order valence-electron chi connectivity index (χ3n) is 3.93. The fraction of sp³-hybridized carbons (Fsp3) is 0.929. The minimum atomic E-state index is 0. The lowest BCUT2D eigenvalue weighted by molar-refractivity contribution is -0.125. The van der Waals surface area contributed by atoms with E-state index in [1.807, 2.05) is 7.05 Å². The average Bonchev–Trinajstić information content (AvgIpc) is 2.36. The third kappa shape index (κ3) is 6.60. The van der Waals surface area contributed by atoms with Crippen molar-refractivity contribution in [3.8, 4) is 0 Å². The van der Waals surface area contributed by atoms with Gasteiger partial charge >= 0.3 is 0 Å². The summed E-state index contributed by atoms with van der Waals surface area (Å²) in [7, 11) is 1.92. The van der Waals surface area contributed by atoms with Crippen molar-refractivity contribution in [2.75, 3.05) is 13.6 Å². The number of hydrogen-bond acceptors (Lipinski definition) is 2. The van der Waals surface area contributed by atoms with Crippen LogP contribution in [0.1, 0.15) is 52.4 Å². The molecule has 0 spiro atoms. The Labute approximate surface area is 118 Å². The van der Waals surface area contributed by atoms with Crippen molar-refractivity contribution >= 4 is 18.3 Å². The number of amides is 1. The fourth-order valence-corrected chi connectivity index (χ4v) is 2.56. The van der Waals surface area contributed by atoms with Crippen molar-refractivity contribution in [3.63, 3.8) is 0 Å². The minimum absolute atomic E-state index is 0. The SMILES string of the molecule is CNC(C)CNC(=O)C(C)CC1CCCCC1.Cl. The molecule has 1 rings (SSSR count). The van der Waals surface area contributed by atoms with Crippen molar-refractivity contribution in [1.82, 2.24) is 10.6 Å². The number of hydrogen-bond donors (Lipinski definition) is 2. The molecule has 0 heterocycles. The van der Waals surface area contributed by atoms with E-state index >= 15 is 0 Å². The highest BCUT2D eigenvalue weighted by Gasteiger charge is 2.20. The maximum atomic E-state index is 11.9. The van der Waals surface area contributed by atoms with Gasteiger partial charge in [0.05, 0.1) is 0 Å². The van der Waals surface area contributed by atoms with Gasteiger partial charge in [0.25, 0.3) is 0 Å². The summed E-state index contributed by atoms with van der Waals surface area (Å²) in [5, 5.41) is 6.15. The Morgan fingerprint density at radius 2 is 1.83 bits per heavy atom. The number of carbonyl (C=O) groups is 1. The molecule has 1 saturated carbocycles. The molecule has 1 fully saturated rings. The summed E-state index contributed by atoms with van der Waals surface area (Å²) in [6, 6.07) is 0.348. The number of halogens is 1. The van der Waals surface area contributed by atoms with Crippen LogP contribution in [-0.2, 0) is 4.79 Å². The highest BCUT2D eigenvalue weighted by molar-refractivity contribution is 5.85. The molecule has 0 aromatic heterocycles. The quantitative estimate of drug-likeness (QED) is 0.783. The third-order valence-corrected chi connectivity index (χ3v) is 3.93. The van der Waals surface area contributed by atoms with E-state index in [0.717, 1.165) is 18.9 Å². The fourth-order valence-electron chi connectivity index (χ4n) is 2.56. The molecule has 0 aromatic rings. The molecule has 0 radical (unpaired) electrons. The molecule has 0 bridgehead atoms. The van der Waals surface area contributed by atoms with Crippen LogP contribution in [0.25, 0.3) is 0 Å². The van der Waals surface area contributed by atoms with Gasteiger partial charge in [-0.05, 0) is 26.3 Å². The zero-order chi connectivity index (χ0) is 12.7. The molecule has 0 aliphatic heterocycles. The van der Waals surface area contributed by atoms with Crippen LogP contribution in [0.3, 0.4) is 0 Å². The van der Waals surface area contributed by atoms with Gasteiger partial charge in [0.2, 0.25) is 5.91 Å². The number of carbonyl (C=O) groups excluding carboxylic acids is 1. The van der Waals surface area contributed by atoms with Crippen LogP contribution >= 0.6 is 12.4 Å². The van der Waals surface area contributed by atoms with Crippen molar-refractivity contribution in [2.24, 2.45) is 11.8 Å². The Morgan fingerprint density at radius 1 is 1.22 bits per heavy atom. The van der Waals surface area contributed by atoms with E-state index in [2.05, 4.69) is 24.5 Å². The minimum Gasteiger partial charge on any atom is -0.354 e. The molecular formula is C14H29ClN2O. The molecule has 18 heavy (non-hydrogen) atoms. The van der Waals surface area contributed by atoms with Gasteiger partial charge in [-0.15, -0.1) is 12.4 Å². The van der Waals surface area contributed by atoms with Crippen LogP contribution < -0.4 is 10.6 Å². The van der Waals surface area contributed by atoms with Crippen molar-refractivity contribution in [3.05, 3.63) is 0 Å². The van der Waals surface area contributed by atoms with Gasteiger partial charge in [-0.25, -0.2) is 0 Å². The predicted octanol–water partition coefficient (Wildman–Crippen LogP) is 2.74. The first kappa shape index (κ1) is 17.7. The average molecular weight is 277 g/mol. The molecule has 2 unspecified atom stereocenters. The summed E-state index contributed by atoms with van der Waals surface area (Å²) < 4.78 is 0. The number of nitrogens with one attached hydrogen (secondary N) is 2. The molecule has 2 atom stereocenters. The smallest absolute Gasteiger partial charge is 0.222 e. The first-order valence-electron chi connectivity index (χ1n) is 7.08. The standard InChI is InChI=1S/C14H28N2O.ClH/c1-11(9-13-7-5-4-6-8-13)14(17)16-10-12(2)15-3;/h11-13,15H,4-10H2,1-3H3,(H,16,17);1H. The topological polar surface area (TPSA) is 41.1 Å². The Morgan fingerprint density at radius 3 is 2.39 bits per heavy atom. The number of likely N-dealkylation sites (N-methyl/N-ethyl adjacent to an activating group) is 1. The molecule has 0 saturated heterocycles. The zero-order valence-electron chi connectivity index (χ0n) is 12.0. The second-order valence-electron chi connectivity index (χ2n) is 5.58. The van der Waals surface area contributed by atoms with E-state index < -0.39 is 0 Å². The molecule has 108 valence electrons. The summed E-state index contributed by atoms with van der Waals surface area (Å²) in [6.45, 7) is 4.87. The largest absolute Gasteiger partial charge is 0.354 e. The summed E-state index contributed by atoms with van der Waals surface area (Å²) >= 11 is 0. The predicted molar refractivity (Wildman–Crippen MR) is 79.1 cm³/mol. The molecule has 4 heteroatoms. The first-order chi connectivity index (χ1) is 8.13. The Hall–Kier alpha value is -0.280. The molecule has 3 nitrogen and oxygen atoms in total. The van der Waals surface area contributed by atoms with E-state index in [9.17, 15) is 4.79 Å². The van der Waals surface area contributed by atoms with Crippen molar-refractivity contribution in [1.29, 1.82) is 0 Å². The van der Waals surface area contributed by atoms with Crippen LogP contribution in [0.15, 0.2) is 0 Å². The van der Waals surface area contributed by atoms with Crippen LogP contribution in [0, 0.1) is 11.8 Å². The van der Waals surface area contributed by atoms with Crippen LogP contribution in [-0.4, -0.2) is 25.5 Å². The van der Waals surface area contributed by atoms with Crippen LogP contribution in [0.2, 0.25) is 0 Å². The highest BCUT2D eigenvalue weighted by Crippen LogP contribution is 2.28. The lowest BCUT2D eigenvalue weighted by Crippen LogP contribution is -2.39. The van der Waals surface area contributed by atoms with Gasteiger partial charge in [0, 0.05) is 18.5 Å². The molecule has 1 aliphatic rings. The normalized spacial score (nSPS) is 19.7. The van der Waals surface area contributed by atoms with E-state index in [-0.39, 0.29) is 24.2 Å². The van der Waals surface area contributed by atoms with E-state index in [0.29, 0.717) is 6.04 Å². The summed E-state index contributed by atoms with van der Waals surface area (Å²) in [5.74, 6) is 1.17. The van der Waals surface area contributed by atoms with Crippen LogP contribution in [0.5, 0.6) is 0 Å². The van der Waals surface area contributed by atoms with Gasteiger partial charge in [0.15, 0.2) is 0 Å². The van der Waals surface area contributed by atoms with Gasteiger partial charge in [-0.3, -0.25) is 4.79 Å².